The zero-order valence-electron chi connectivity index (χ0n) is 26.2. The van der Waals surface area contributed by atoms with Gasteiger partial charge in [-0.25, -0.2) is 0 Å². The highest BCUT2D eigenvalue weighted by molar-refractivity contribution is 5.94. The van der Waals surface area contributed by atoms with Crippen molar-refractivity contribution in [2.45, 2.75) is 90.2 Å². The van der Waals surface area contributed by atoms with Crippen molar-refractivity contribution < 1.29 is 24.2 Å². The number of fused-ring (bicyclic) bond motifs is 3. The lowest BCUT2D eigenvalue weighted by Crippen LogP contribution is -2.59. The third kappa shape index (κ3) is 4.25. The van der Waals surface area contributed by atoms with Gasteiger partial charge in [-0.15, -0.1) is 0 Å². The Morgan fingerprint density at radius 2 is 1.86 bits per heavy atom. The number of benzene rings is 1. The summed E-state index contributed by atoms with van der Waals surface area (Å²) >= 11 is 0. The molecule has 1 aromatic carbocycles. The Hall–Kier alpha value is -2.48. The molecule has 1 saturated heterocycles. The summed E-state index contributed by atoms with van der Waals surface area (Å²) in [6, 6.07) is 9.27. The summed E-state index contributed by atoms with van der Waals surface area (Å²) in [7, 11) is 4.22. The topological polar surface area (TPSA) is 88.1 Å². The number of nitrogens with zero attached hydrogens (tertiary/aromatic N) is 1. The number of carbonyl (C=O) groups excluding carboxylic acids is 2. The van der Waals surface area contributed by atoms with Crippen LogP contribution in [0, 0.1) is 34.0 Å². The number of carbonyl (C=O) groups is 2. The molecule has 5 aliphatic rings. The molecule has 0 aromatic heterocycles. The molecule has 4 aliphatic carbocycles. The standard InChI is InChI=1S/C35H48N2O5/c1-21(37(6)7)29-27(42-22(2)38)19-34(5)25-17-26-30-32(3,20-41-26)28(36-31(39)23-11-9-8-10-12-23)14-16-35(30,40)18-24(25)13-15-33(29,34)4/h8-14,16,21,25-30,40H,15,17-20H2,1-7H3,(H,36,39)/t21-,25+,26+,27+,28-,29-,30-,32-,33+,34-,35+/m0/s1. The largest absolute Gasteiger partial charge is 0.462 e. The monoisotopic (exact) mass is 576 g/mol. The van der Waals surface area contributed by atoms with Gasteiger partial charge in [-0.3, -0.25) is 9.59 Å². The first kappa shape index (κ1) is 29.6. The van der Waals surface area contributed by atoms with Gasteiger partial charge in [-0.1, -0.05) is 62.8 Å². The summed E-state index contributed by atoms with van der Waals surface area (Å²) in [5, 5.41) is 15.7. The third-order valence-corrected chi connectivity index (χ3v) is 12.5. The number of aliphatic hydroxyl groups is 1. The van der Waals surface area contributed by atoms with Crippen molar-refractivity contribution >= 4 is 11.9 Å². The molecule has 1 aliphatic heterocycles. The van der Waals surface area contributed by atoms with Crippen LogP contribution in [-0.2, 0) is 14.3 Å². The molecule has 0 bridgehead atoms. The number of rotatable bonds is 5. The molecule has 6 rings (SSSR count). The van der Waals surface area contributed by atoms with E-state index in [-0.39, 0.29) is 64.8 Å². The Bertz CT molecular complexity index is 1310. The second kappa shape index (κ2) is 10.0. The highest BCUT2D eigenvalue weighted by Gasteiger charge is 2.69. The summed E-state index contributed by atoms with van der Waals surface area (Å²) in [5.74, 6) is -0.113. The van der Waals surface area contributed by atoms with Crippen LogP contribution < -0.4 is 5.32 Å². The van der Waals surface area contributed by atoms with E-state index in [1.807, 2.05) is 42.5 Å². The van der Waals surface area contributed by atoms with Gasteiger partial charge in [0.05, 0.1) is 24.4 Å². The van der Waals surface area contributed by atoms with Gasteiger partial charge in [0.1, 0.15) is 6.10 Å². The molecule has 3 fully saturated rings. The molecule has 0 radical (unpaired) electrons. The second-order valence-corrected chi connectivity index (χ2v) is 14.9. The quantitative estimate of drug-likeness (QED) is 0.388. The Morgan fingerprint density at radius 1 is 1.14 bits per heavy atom. The van der Waals surface area contributed by atoms with Crippen LogP contribution >= 0.6 is 0 Å². The summed E-state index contributed by atoms with van der Waals surface area (Å²) in [5.41, 5.74) is 0.193. The SMILES string of the molecule is CC(=O)O[C@@H]1C[C@@]2(C)[C@@H]3C[C@H]4OC[C@@]5(C)[C@@H](NC(=O)c6ccccc6)C=C[C@@](O)(CC3=CC[C@]2(C)[C@H]1[C@H](C)N(C)C)[C@@H]45. The fourth-order valence-corrected chi connectivity index (χ4v) is 10.1. The van der Waals surface area contributed by atoms with Crippen molar-refractivity contribution in [2.75, 3.05) is 20.7 Å². The van der Waals surface area contributed by atoms with E-state index in [9.17, 15) is 14.7 Å². The Morgan fingerprint density at radius 3 is 2.52 bits per heavy atom. The molecule has 1 aromatic rings. The van der Waals surface area contributed by atoms with Crippen molar-refractivity contribution in [3.63, 3.8) is 0 Å². The average Bonchev–Trinajstić information content (AvgIpc) is 3.33. The molecular weight excluding hydrogens is 528 g/mol. The van der Waals surface area contributed by atoms with Crippen LogP contribution in [0.4, 0.5) is 0 Å². The van der Waals surface area contributed by atoms with E-state index in [0.717, 1.165) is 19.3 Å². The van der Waals surface area contributed by atoms with E-state index in [1.165, 1.54) is 12.5 Å². The summed E-state index contributed by atoms with van der Waals surface area (Å²) in [6.07, 6.45) is 9.09. The molecule has 11 atom stereocenters. The van der Waals surface area contributed by atoms with Crippen molar-refractivity contribution in [1.82, 2.24) is 10.2 Å². The van der Waals surface area contributed by atoms with Crippen molar-refractivity contribution in [3.05, 3.63) is 59.7 Å². The zero-order valence-corrected chi connectivity index (χ0v) is 26.2. The maximum Gasteiger partial charge on any atom is 0.302 e. The maximum atomic E-state index is 13.2. The van der Waals surface area contributed by atoms with Gasteiger partial charge in [0.25, 0.3) is 5.91 Å². The number of hydrogen-bond acceptors (Lipinski definition) is 6. The molecule has 1 amide bonds. The molecule has 2 saturated carbocycles. The number of ether oxygens (including phenoxy) is 2. The van der Waals surface area contributed by atoms with E-state index in [4.69, 9.17) is 9.47 Å². The highest BCUT2D eigenvalue weighted by atomic mass is 16.5. The van der Waals surface area contributed by atoms with Crippen LogP contribution in [0.3, 0.4) is 0 Å². The normalized spacial score (nSPS) is 44.4. The third-order valence-electron chi connectivity index (χ3n) is 12.5. The number of esters is 1. The Kier molecular flexibility index (Phi) is 7.07. The molecule has 0 unspecified atom stereocenters. The second-order valence-electron chi connectivity index (χ2n) is 14.9. The maximum absolute atomic E-state index is 13.2. The van der Waals surface area contributed by atoms with Gasteiger partial charge >= 0.3 is 5.97 Å². The molecule has 7 nitrogen and oxygen atoms in total. The van der Waals surface area contributed by atoms with Gasteiger partial charge < -0.3 is 24.8 Å². The van der Waals surface area contributed by atoms with Gasteiger partial charge in [-0.2, -0.15) is 0 Å². The number of nitrogens with one attached hydrogen (secondary N) is 1. The van der Waals surface area contributed by atoms with Crippen LogP contribution in [0.5, 0.6) is 0 Å². The molecule has 7 heteroatoms. The van der Waals surface area contributed by atoms with Gasteiger partial charge in [-0.05, 0) is 69.2 Å². The van der Waals surface area contributed by atoms with E-state index in [1.54, 1.807) is 0 Å². The Labute approximate surface area is 250 Å². The number of allylic oxidation sites excluding steroid dienone is 1. The van der Waals surface area contributed by atoms with E-state index < -0.39 is 11.0 Å². The van der Waals surface area contributed by atoms with Gasteiger partial charge in [0.15, 0.2) is 0 Å². The fourth-order valence-electron chi connectivity index (χ4n) is 10.1. The first-order valence-corrected chi connectivity index (χ1v) is 15.7. The number of amides is 1. The predicted molar refractivity (Wildman–Crippen MR) is 162 cm³/mol. The van der Waals surface area contributed by atoms with Crippen LogP contribution in [0.1, 0.15) is 70.7 Å². The zero-order chi connectivity index (χ0) is 30.2. The summed E-state index contributed by atoms with van der Waals surface area (Å²) in [6.45, 7) is 11.2. The van der Waals surface area contributed by atoms with Crippen molar-refractivity contribution in [3.8, 4) is 0 Å². The molecule has 1 heterocycles. The smallest absolute Gasteiger partial charge is 0.302 e. The summed E-state index contributed by atoms with van der Waals surface area (Å²) in [4.78, 5) is 27.7. The molecule has 2 N–H and O–H groups in total. The minimum absolute atomic E-state index is 0.0902. The summed E-state index contributed by atoms with van der Waals surface area (Å²) < 4.78 is 12.7. The van der Waals surface area contributed by atoms with Crippen molar-refractivity contribution in [2.24, 2.45) is 34.0 Å². The van der Waals surface area contributed by atoms with E-state index >= 15 is 0 Å². The first-order chi connectivity index (χ1) is 19.7. The Balaban J connectivity index is 1.34. The van der Waals surface area contributed by atoms with Crippen LogP contribution in [0.15, 0.2) is 54.1 Å². The van der Waals surface area contributed by atoms with Crippen LogP contribution in [-0.4, -0.2) is 72.5 Å². The minimum Gasteiger partial charge on any atom is -0.462 e. The van der Waals surface area contributed by atoms with E-state index in [2.05, 4.69) is 58.1 Å². The highest BCUT2D eigenvalue weighted by Crippen LogP contribution is 2.70. The molecular formula is C35H48N2O5. The van der Waals surface area contributed by atoms with Gasteiger partial charge in [0, 0.05) is 42.2 Å². The lowest BCUT2D eigenvalue weighted by Gasteiger charge is -2.54. The molecule has 228 valence electrons. The van der Waals surface area contributed by atoms with E-state index in [0.29, 0.717) is 18.6 Å². The van der Waals surface area contributed by atoms with Crippen LogP contribution in [0.2, 0.25) is 0 Å². The molecule has 0 spiro atoms. The van der Waals surface area contributed by atoms with Crippen molar-refractivity contribution in [1.29, 1.82) is 0 Å². The predicted octanol–water partition coefficient (Wildman–Crippen LogP) is 4.76. The first-order valence-electron chi connectivity index (χ1n) is 15.7. The average molecular weight is 577 g/mol. The number of hydrogen-bond donors (Lipinski definition) is 2. The lowest BCUT2D eigenvalue weighted by molar-refractivity contribution is -0.150. The van der Waals surface area contributed by atoms with Crippen LogP contribution in [0.25, 0.3) is 0 Å². The lowest BCUT2D eigenvalue weighted by atomic mass is 9.51. The fraction of sp³-hybridized carbons (Fsp3) is 0.657. The molecule has 42 heavy (non-hydrogen) atoms. The minimum atomic E-state index is -1.06. The van der Waals surface area contributed by atoms with Gasteiger partial charge in [0.2, 0.25) is 0 Å².